The van der Waals surface area contributed by atoms with E-state index in [1.807, 2.05) is 18.2 Å². The van der Waals surface area contributed by atoms with Gasteiger partial charge in [0, 0.05) is 6.07 Å². The molecule has 3 heteroatoms. The van der Waals surface area contributed by atoms with Gasteiger partial charge in [-0.2, -0.15) is 0 Å². The fourth-order valence-electron chi connectivity index (χ4n) is 1.89. The zero-order valence-corrected chi connectivity index (χ0v) is 10.3. The van der Waals surface area contributed by atoms with E-state index >= 15 is 0 Å². The number of aromatic nitrogens is 1. The minimum absolute atomic E-state index is 0.579. The van der Waals surface area contributed by atoms with E-state index < -0.39 is 0 Å². The fourth-order valence-corrected chi connectivity index (χ4v) is 1.89. The Morgan fingerprint density at radius 2 is 1.72 bits per heavy atom. The molecule has 0 spiro atoms. The molecule has 3 rings (SSSR count). The molecule has 0 unspecified atom stereocenters. The molecule has 1 aromatic carbocycles. The Bertz CT molecular complexity index is 515. The highest BCUT2D eigenvalue weighted by Gasteiger charge is 2.22. The molecule has 0 amide bonds. The number of pyridine rings is 1. The third kappa shape index (κ3) is 2.45. The van der Waals surface area contributed by atoms with Crippen LogP contribution in [0.15, 0.2) is 42.6 Å². The molecule has 0 bridgehead atoms. The quantitative estimate of drug-likeness (QED) is 0.816. The lowest BCUT2D eigenvalue weighted by Crippen LogP contribution is -1.89. The van der Waals surface area contributed by atoms with Crippen LogP contribution in [0.5, 0.6) is 17.4 Å². The first-order valence-electron chi connectivity index (χ1n) is 6.13. The second-order valence-electron chi connectivity index (χ2n) is 4.48. The highest BCUT2D eigenvalue weighted by Crippen LogP contribution is 2.40. The van der Waals surface area contributed by atoms with Crippen LogP contribution in [0, 0.1) is 0 Å². The lowest BCUT2D eigenvalue weighted by Gasteiger charge is -2.06. The summed E-state index contributed by atoms with van der Waals surface area (Å²) in [5.74, 6) is 2.90. The highest BCUT2D eigenvalue weighted by molar-refractivity contribution is 5.34. The minimum Gasteiger partial charge on any atom is -0.495 e. The predicted molar refractivity (Wildman–Crippen MR) is 69.3 cm³/mol. The second kappa shape index (κ2) is 4.69. The van der Waals surface area contributed by atoms with Crippen LogP contribution in [0.2, 0.25) is 0 Å². The Morgan fingerprint density at radius 1 is 1.00 bits per heavy atom. The number of benzene rings is 1. The van der Waals surface area contributed by atoms with Gasteiger partial charge in [0.05, 0.1) is 13.3 Å². The number of hydrogen-bond acceptors (Lipinski definition) is 3. The molecule has 0 atom stereocenters. The Morgan fingerprint density at radius 3 is 2.28 bits per heavy atom. The highest BCUT2D eigenvalue weighted by atomic mass is 16.5. The van der Waals surface area contributed by atoms with E-state index in [0.717, 1.165) is 17.4 Å². The first-order chi connectivity index (χ1) is 8.85. The predicted octanol–water partition coefficient (Wildman–Crippen LogP) is 3.76. The van der Waals surface area contributed by atoms with Crippen LogP contribution in [0.3, 0.4) is 0 Å². The lowest BCUT2D eigenvalue weighted by molar-refractivity contribution is 0.407. The van der Waals surface area contributed by atoms with E-state index in [4.69, 9.17) is 9.47 Å². The number of nitrogens with zero attached hydrogens (tertiary/aromatic N) is 1. The van der Waals surface area contributed by atoms with Crippen LogP contribution in [0.25, 0.3) is 0 Å². The normalized spacial score (nSPS) is 14.3. The minimum atomic E-state index is 0.579. The molecule has 0 aliphatic heterocycles. The molecule has 1 aliphatic rings. The maximum Gasteiger partial charge on any atom is 0.219 e. The summed E-state index contributed by atoms with van der Waals surface area (Å²) in [6, 6.07) is 11.9. The molecule has 0 N–H and O–H groups in total. The molecule has 1 saturated carbocycles. The van der Waals surface area contributed by atoms with E-state index in [0.29, 0.717) is 5.88 Å². The van der Waals surface area contributed by atoms with Crippen molar-refractivity contribution in [3.63, 3.8) is 0 Å². The molecule has 0 saturated heterocycles. The molecular weight excluding hydrogens is 226 g/mol. The summed E-state index contributed by atoms with van der Waals surface area (Å²) >= 11 is 0. The van der Waals surface area contributed by atoms with Crippen molar-refractivity contribution in [2.75, 3.05) is 7.11 Å². The van der Waals surface area contributed by atoms with Gasteiger partial charge >= 0.3 is 0 Å². The summed E-state index contributed by atoms with van der Waals surface area (Å²) in [5.41, 5.74) is 1.41. The second-order valence-corrected chi connectivity index (χ2v) is 4.48. The van der Waals surface area contributed by atoms with Crippen LogP contribution in [-0.4, -0.2) is 12.1 Å². The van der Waals surface area contributed by atoms with Crippen molar-refractivity contribution in [2.45, 2.75) is 18.8 Å². The Labute approximate surface area is 106 Å². The first kappa shape index (κ1) is 11.1. The van der Waals surface area contributed by atoms with E-state index in [1.165, 1.54) is 18.4 Å². The van der Waals surface area contributed by atoms with Crippen molar-refractivity contribution in [3.8, 4) is 17.4 Å². The van der Waals surface area contributed by atoms with Crippen molar-refractivity contribution in [3.05, 3.63) is 48.2 Å². The third-order valence-corrected chi connectivity index (χ3v) is 3.10. The summed E-state index contributed by atoms with van der Waals surface area (Å²) in [4.78, 5) is 4.17. The monoisotopic (exact) mass is 241 g/mol. The summed E-state index contributed by atoms with van der Waals surface area (Å²) < 4.78 is 10.7. The van der Waals surface area contributed by atoms with Gasteiger partial charge in [0.25, 0.3) is 0 Å². The van der Waals surface area contributed by atoms with Crippen LogP contribution < -0.4 is 9.47 Å². The first-order valence-corrected chi connectivity index (χ1v) is 6.13. The average Bonchev–Trinajstić information content (AvgIpc) is 3.25. The molecule has 92 valence electrons. The smallest absolute Gasteiger partial charge is 0.219 e. The van der Waals surface area contributed by atoms with E-state index in [1.54, 1.807) is 19.4 Å². The largest absolute Gasteiger partial charge is 0.495 e. The topological polar surface area (TPSA) is 31.4 Å². The fraction of sp³-hybridized carbons (Fsp3) is 0.267. The lowest BCUT2D eigenvalue weighted by atomic mass is 10.1. The Balaban J connectivity index is 1.70. The molecule has 3 nitrogen and oxygen atoms in total. The summed E-state index contributed by atoms with van der Waals surface area (Å²) in [6.07, 6.45) is 4.29. The molecule has 1 aromatic heterocycles. The maximum absolute atomic E-state index is 5.67. The third-order valence-electron chi connectivity index (χ3n) is 3.10. The van der Waals surface area contributed by atoms with Crippen molar-refractivity contribution in [1.82, 2.24) is 4.98 Å². The van der Waals surface area contributed by atoms with Crippen LogP contribution in [0.1, 0.15) is 24.3 Å². The summed E-state index contributed by atoms with van der Waals surface area (Å²) in [5, 5.41) is 0. The number of ether oxygens (including phenoxy) is 2. The molecular formula is C15H15NO2. The molecule has 1 heterocycles. The zero-order valence-electron chi connectivity index (χ0n) is 10.3. The van der Waals surface area contributed by atoms with Gasteiger partial charge in [-0.1, -0.05) is 12.1 Å². The molecule has 1 fully saturated rings. The van der Waals surface area contributed by atoms with Gasteiger partial charge in [0.1, 0.15) is 11.5 Å². The van der Waals surface area contributed by atoms with Gasteiger partial charge in [-0.25, -0.2) is 4.98 Å². The van der Waals surface area contributed by atoms with Gasteiger partial charge in [-0.05, 0) is 42.5 Å². The molecule has 18 heavy (non-hydrogen) atoms. The van der Waals surface area contributed by atoms with E-state index in [2.05, 4.69) is 17.1 Å². The van der Waals surface area contributed by atoms with Gasteiger partial charge in [-0.3, -0.25) is 0 Å². The van der Waals surface area contributed by atoms with E-state index in [-0.39, 0.29) is 0 Å². The Hall–Kier alpha value is -2.03. The van der Waals surface area contributed by atoms with Crippen LogP contribution in [0.4, 0.5) is 0 Å². The molecule has 2 aromatic rings. The van der Waals surface area contributed by atoms with Crippen molar-refractivity contribution in [2.24, 2.45) is 0 Å². The Kier molecular flexibility index (Phi) is 2.89. The SMILES string of the molecule is COc1ccc(Oc2ccc(C3CC3)cc2)nc1. The van der Waals surface area contributed by atoms with Crippen molar-refractivity contribution < 1.29 is 9.47 Å². The van der Waals surface area contributed by atoms with Crippen LogP contribution >= 0.6 is 0 Å². The number of hydrogen-bond donors (Lipinski definition) is 0. The van der Waals surface area contributed by atoms with Gasteiger partial charge in [-0.15, -0.1) is 0 Å². The van der Waals surface area contributed by atoms with Gasteiger partial charge in [0.2, 0.25) is 5.88 Å². The summed E-state index contributed by atoms with van der Waals surface area (Å²) in [6.45, 7) is 0. The van der Waals surface area contributed by atoms with Gasteiger partial charge in [0.15, 0.2) is 0 Å². The zero-order chi connectivity index (χ0) is 12.4. The number of rotatable bonds is 4. The molecule has 1 aliphatic carbocycles. The van der Waals surface area contributed by atoms with Gasteiger partial charge < -0.3 is 9.47 Å². The standard InChI is InChI=1S/C15H15NO2/c1-17-14-8-9-15(16-10-14)18-13-6-4-12(5-7-13)11-2-3-11/h4-11H,2-3H2,1H3. The summed E-state index contributed by atoms with van der Waals surface area (Å²) in [7, 11) is 1.62. The maximum atomic E-state index is 5.67. The van der Waals surface area contributed by atoms with Crippen LogP contribution in [-0.2, 0) is 0 Å². The van der Waals surface area contributed by atoms with E-state index in [9.17, 15) is 0 Å². The molecule has 0 radical (unpaired) electrons. The average molecular weight is 241 g/mol. The number of methoxy groups -OCH3 is 1. The van der Waals surface area contributed by atoms with Crippen molar-refractivity contribution in [1.29, 1.82) is 0 Å². The van der Waals surface area contributed by atoms with Crippen molar-refractivity contribution >= 4 is 0 Å².